The summed E-state index contributed by atoms with van der Waals surface area (Å²) in [4.78, 5) is 25.1. The summed E-state index contributed by atoms with van der Waals surface area (Å²) in [6.07, 6.45) is 0.987. The molecule has 0 fully saturated rings. The number of hydrogen-bond donors (Lipinski definition) is 0. The maximum atomic E-state index is 12.9. The van der Waals surface area contributed by atoms with E-state index in [1.807, 2.05) is 55.7 Å². The maximum absolute atomic E-state index is 12.9. The first-order valence-corrected chi connectivity index (χ1v) is 11.8. The molecule has 0 N–H and O–H groups in total. The molecule has 7 heteroatoms. The van der Waals surface area contributed by atoms with E-state index in [1.165, 1.54) is 0 Å². The molecule has 0 bridgehead atoms. The van der Waals surface area contributed by atoms with Crippen molar-refractivity contribution in [3.05, 3.63) is 53.7 Å². The predicted octanol–water partition coefficient (Wildman–Crippen LogP) is 5.62. The summed E-state index contributed by atoms with van der Waals surface area (Å²) in [5.74, 6) is 0.435. The van der Waals surface area contributed by atoms with Gasteiger partial charge in [0.1, 0.15) is 11.5 Å². The Hall–Kier alpha value is -3.48. The van der Waals surface area contributed by atoms with Gasteiger partial charge in [0.25, 0.3) is 0 Å². The average Bonchev–Trinajstić information content (AvgIpc) is 3.11. The Balaban J connectivity index is 2.00. The minimum Gasteiger partial charge on any atom is -0.494 e. The molecule has 0 saturated carbocycles. The number of rotatable bonds is 11. The number of hydrogen-bond acceptors (Lipinski definition) is 6. The standard InChI is InChI=1S/C27H33NO6/c1-6-9-16-33-26(29)19(5)34-22-14-15-24-23(17-22)25(27(30)32-8-3)18(4)28(24)20-10-12-21(13-11-20)31-7-2/h10-15,17,19H,6-9,16H2,1-5H3. The number of esters is 2. The van der Waals surface area contributed by atoms with Crippen LogP contribution in [-0.4, -0.2) is 42.4 Å². The Morgan fingerprint density at radius 1 is 0.941 bits per heavy atom. The van der Waals surface area contributed by atoms with E-state index in [2.05, 4.69) is 0 Å². The third-order valence-electron chi connectivity index (χ3n) is 5.45. The molecule has 3 aromatic rings. The van der Waals surface area contributed by atoms with E-state index >= 15 is 0 Å². The molecule has 0 amide bonds. The quantitative estimate of drug-likeness (QED) is 0.269. The highest BCUT2D eigenvalue weighted by molar-refractivity contribution is 6.07. The number of fused-ring (bicyclic) bond motifs is 1. The van der Waals surface area contributed by atoms with Gasteiger partial charge in [-0.25, -0.2) is 9.59 Å². The van der Waals surface area contributed by atoms with E-state index in [-0.39, 0.29) is 6.61 Å². The Morgan fingerprint density at radius 2 is 1.65 bits per heavy atom. The van der Waals surface area contributed by atoms with Crippen LogP contribution in [-0.2, 0) is 14.3 Å². The molecule has 2 aromatic carbocycles. The number of unbranched alkanes of at least 4 members (excludes halogenated alkanes) is 1. The van der Waals surface area contributed by atoms with Gasteiger partial charge in [0.05, 0.1) is 30.9 Å². The zero-order chi connectivity index (χ0) is 24.7. The predicted molar refractivity (Wildman–Crippen MR) is 131 cm³/mol. The molecule has 0 aliphatic heterocycles. The van der Waals surface area contributed by atoms with Crippen LogP contribution in [0.15, 0.2) is 42.5 Å². The van der Waals surface area contributed by atoms with Gasteiger partial charge in [0, 0.05) is 16.8 Å². The van der Waals surface area contributed by atoms with Gasteiger partial charge in [0.15, 0.2) is 6.10 Å². The Labute approximate surface area is 200 Å². The molecule has 3 rings (SSSR count). The molecule has 0 aliphatic carbocycles. The summed E-state index contributed by atoms with van der Waals surface area (Å²) in [6.45, 7) is 10.5. The molecular weight excluding hydrogens is 434 g/mol. The molecule has 1 aromatic heterocycles. The summed E-state index contributed by atoms with van der Waals surface area (Å²) in [5, 5.41) is 0.689. The third-order valence-corrected chi connectivity index (χ3v) is 5.45. The van der Waals surface area contributed by atoms with Crippen molar-refractivity contribution in [3.63, 3.8) is 0 Å². The molecule has 0 saturated heterocycles. The minimum atomic E-state index is -0.769. The number of ether oxygens (including phenoxy) is 4. The molecule has 1 atom stereocenters. The first-order valence-electron chi connectivity index (χ1n) is 11.8. The van der Waals surface area contributed by atoms with Gasteiger partial charge in [-0.15, -0.1) is 0 Å². The zero-order valence-corrected chi connectivity index (χ0v) is 20.6. The van der Waals surface area contributed by atoms with E-state index in [4.69, 9.17) is 18.9 Å². The van der Waals surface area contributed by atoms with Gasteiger partial charge in [-0.1, -0.05) is 13.3 Å². The van der Waals surface area contributed by atoms with E-state index in [0.717, 1.165) is 35.5 Å². The van der Waals surface area contributed by atoms with Gasteiger partial charge in [-0.3, -0.25) is 0 Å². The van der Waals surface area contributed by atoms with Crippen molar-refractivity contribution in [1.82, 2.24) is 4.57 Å². The van der Waals surface area contributed by atoms with Gasteiger partial charge < -0.3 is 23.5 Å². The molecule has 1 heterocycles. The van der Waals surface area contributed by atoms with Crippen LogP contribution in [0.5, 0.6) is 11.5 Å². The van der Waals surface area contributed by atoms with Gasteiger partial charge in [-0.05, 0) is 76.6 Å². The number of carbonyl (C=O) groups excluding carboxylic acids is 2. The maximum Gasteiger partial charge on any atom is 0.347 e. The fourth-order valence-corrected chi connectivity index (χ4v) is 3.81. The van der Waals surface area contributed by atoms with Crippen molar-refractivity contribution in [2.75, 3.05) is 19.8 Å². The number of aromatic nitrogens is 1. The topological polar surface area (TPSA) is 76.0 Å². The van der Waals surface area contributed by atoms with Crippen molar-refractivity contribution >= 4 is 22.8 Å². The summed E-state index contributed by atoms with van der Waals surface area (Å²) in [7, 11) is 0. The van der Waals surface area contributed by atoms with Crippen LogP contribution in [0.25, 0.3) is 16.6 Å². The van der Waals surface area contributed by atoms with Crippen LogP contribution < -0.4 is 9.47 Å². The van der Waals surface area contributed by atoms with Crippen molar-refractivity contribution in [1.29, 1.82) is 0 Å². The van der Waals surface area contributed by atoms with Crippen LogP contribution in [0.1, 0.15) is 56.6 Å². The molecule has 7 nitrogen and oxygen atoms in total. The second-order valence-electron chi connectivity index (χ2n) is 7.90. The van der Waals surface area contributed by atoms with Crippen molar-refractivity contribution < 1.29 is 28.5 Å². The number of nitrogens with zero attached hydrogens (tertiary/aromatic N) is 1. The molecule has 1 unspecified atom stereocenters. The second kappa shape index (κ2) is 11.6. The van der Waals surface area contributed by atoms with Crippen LogP contribution in [0, 0.1) is 6.92 Å². The smallest absolute Gasteiger partial charge is 0.347 e. The lowest BCUT2D eigenvalue weighted by Gasteiger charge is -2.14. The van der Waals surface area contributed by atoms with Crippen molar-refractivity contribution in [2.45, 2.75) is 53.6 Å². The lowest BCUT2D eigenvalue weighted by Crippen LogP contribution is -2.26. The number of benzene rings is 2. The van der Waals surface area contributed by atoms with Crippen LogP contribution in [0.3, 0.4) is 0 Å². The van der Waals surface area contributed by atoms with Crippen LogP contribution >= 0.6 is 0 Å². The first-order chi connectivity index (χ1) is 16.4. The molecule has 182 valence electrons. The van der Waals surface area contributed by atoms with E-state index in [0.29, 0.717) is 29.9 Å². The monoisotopic (exact) mass is 467 g/mol. The fourth-order valence-electron chi connectivity index (χ4n) is 3.81. The highest BCUT2D eigenvalue weighted by Gasteiger charge is 2.23. The average molecular weight is 468 g/mol. The molecule has 0 radical (unpaired) electrons. The van der Waals surface area contributed by atoms with Crippen molar-refractivity contribution in [2.24, 2.45) is 0 Å². The highest BCUT2D eigenvalue weighted by atomic mass is 16.6. The Bertz CT molecular complexity index is 1130. The lowest BCUT2D eigenvalue weighted by atomic mass is 10.1. The summed E-state index contributed by atoms with van der Waals surface area (Å²) in [5.41, 5.74) is 2.94. The molecule has 0 aliphatic rings. The second-order valence-corrected chi connectivity index (χ2v) is 7.90. The first kappa shape index (κ1) is 25.1. The summed E-state index contributed by atoms with van der Waals surface area (Å²) < 4.78 is 24.0. The van der Waals surface area contributed by atoms with Gasteiger partial charge >= 0.3 is 11.9 Å². The summed E-state index contributed by atoms with van der Waals surface area (Å²) in [6, 6.07) is 13.1. The molecule has 0 spiro atoms. The SMILES string of the molecule is CCCCOC(=O)C(C)Oc1ccc2c(c1)c(C(=O)OCC)c(C)n2-c1ccc(OCC)cc1. The highest BCUT2D eigenvalue weighted by Crippen LogP contribution is 2.33. The van der Waals surface area contributed by atoms with E-state index < -0.39 is 18.0 Å². The minimum absolute atomic E-state index is 0.269. The zero-order valence-electron chi connectivity index (χ0n) is 20.6. The lowest BCUT2D eigenvalue weighted by molar-refractivity contribution is -0.151. The summed E-state index contributed by atoms with van der Waals surface area (Å²) >= 11 is 0. The third kappa shape index (κ3) is 5.53. The van der Waals surface area contributed by atoms with Gasteiger partial charge in [0.2, 0.25) is 0 Å². The van der Waals surface area contributed by atoms with Gasteiger partial charge in [-0.2, -0.15) is 0 Å². The fraction of sp³-hybridized carbons (Fsp3) is 0.407. The largest absolute Gasteiger partial charge is 0.494 e. The molecule has 34 heavy (non-hydrogen) atoms. The van der Waals surface area contributed by atoms with Crippen LogP contribution in [0.2, 0.25) is 0 Å². The van der Waals surface area contributed by atoms with Crippen LogP contribution in [0.4, 0.5) is 0 Å². The Kier molecular flexibility index (Phi) is 8.57. The normalized spacial score (nSPS) is 11.8. The number of carbonyl (C=O) groups is 2. The molecular formula is C27H33NO6. The van der Waals surface area contributed by atoms with E-state index in [9.17, 15) is 9.59 Å². The van der Waals surface area contributed by atoms with E-state index in [1.54, 1.807) is 26.0 Å². The van der Waals surface area contributed by atoms with Crippen molar-refractivity contribution in [3.8, 4) is 17.2 Å². The Morgan fingerprint density at radius 3 is 2.29 bits per heavy atom.